The second-order valence-electron chi connectivity index (χ2n) is 11.3. The number of carbonyl (C=O) groups excluding carboxylic acids is 1. The molecule has 0 radical (unpaired) electrons. The summed E-state index contributed by atoms with van der Waals surface area (Å²) in [6.45, 7) is 0.959. The molecule has 0 aliphatic carbocycles. The van der Waals surface area contributed by atoms with E-state index in [0.717, 1.165) is 33.3 Å². The van der Waals surface area contributed by atoms with Crippen LogP contribution in [0.2, 0.25) is 10.0 Å². The standard InChI is InChI=1S/C20H14ClN3O2.C14H11ClN2O.C6H5NO2/c21-16-7-8-17-18(10-16)26-20(24-17)14-5-3-13(4-6-14)11-23-19(25)15-2-1-9-22-12-15;15-11-5-6-12-13(7-11)18-14(17-12)10-3-1-9(8-16)2-4-10;8-6(9)5-2-1-3-7-4-5/h1-10,12H,11H2,(H,23,25);1-7H,8,16H2;1-4H,(H,8,9). The van der Waals surface area contributed by atoms with Crippen molar-refractivity contribution in [3.8, 4) is 22.9 Å². The Bertz CT molecular complexity index is 2450. The Labute approximate surface area is 313 Å². The number of rotatable bonds is 7. The third kappa shape index (κ3) is 9.69. The van der Waals surface area contributed by atoms with E-state index in [4.69, 9.17) is 42.9 Å². The quantitative estimate of drug-likeness (QED) is 0.143. The molecule has 4 aromatic heterocycles. The lowest BCUT2D eigenvalue weighted by molar-refractivity contribution is 0.0696. The zero-order valence-electron chi connectivity index (χ0n) is 27.8. The molecule has 0 unspecified atom stereocenters. The number of nitrogens with one attached hydrogen (secondary N) is 1. The minimum Gasteiger partial charge on any atom is -0.478 e. The topological polar surface area (TPSA) is 170 Å². The lowest BCUT2D eigenvalue weighted by atomic mass is 10.1. The summed E-state index contributed by atoms with van der Waals surface area (Å²) < 4.78 is 11.4. The van der Waals surface area contributed by atoms with Gasteiger partial charge in [0.05, 0.1) is 11.1 Å². The van der Waals surface area contributed by atoms with E-state index in [-0.39, 0.29) is 11.5 Å². The van der Waals surface area contributed by atoms with Crippen LogP contribution in [0.5, 0.6) is 0 Å². The number of carboxylic acids is 1. The third-order valence-corrected chi connectivity index (χ3v) is 8.09. The molecule has 0 saturated carbocycles. The molecule has 1 amide bonds. The number of nitrogens with zero attached hydrogens (tertiary/aromatic N) is 4. The fraction of sp³-hybridized carbons (Fsp3) is 0.0500. The van der Waals surface area contributed by atoms with Gasteiger partial charge in [0, 0.05) is 71.2 Å². The summed E-state index contributed by atoms with van der Waals surface area (Å²) in [7, 11) is 0. The highest BCUT2D eigenvalue weighted by molar-refractivity contribution is 6.31. The van der Waals surface area contributed by atoms with Gasteiger partial charge < -0.3 is 25.0 Å². The second kappa shape index (κ2) is 17.2. The molecular weight excluding hydrogens is 715 g/mol. The molecule has 53 heavy (non-hydrogen) atoms. The summed E-state index contributed by atoms with van der Waals surface area (Å²) in [5.74, 6) is 0.0326. The first-order chi connectivity index (χ1) is 25.7. The number of fused-ring (bicyclic) bond motifs is 2. The predicted molar refractivity (Wildman–Crippen MR) is 203 cm³/mol. The molecule has 8 rings (SSSR count). The molecule has 4 heterocycles. The molecule has 264 valence electrons. The van der Waals surface area contributed by atoms with E-state index in [1.807, 2.05) is 60.7 Å². The number of amides is 1. The fourth-order valence-corrected chi connectivity index (χ4v) is 5.19. The molecule has 4 N–H and O–H groups in total. The van der Waals surface area contributed by atoms with E-state index >= 15 is 0 Å². The average Bonchev–Trinajstić information content (AvgIpc) is 3.82. The van der Waals surface area contributed by atoms with Crippen LogP contribution in [0.15, 0.2) is 143 Å². The predicted octanol–water partition coefficient (Wildman–Crippen LogP) is 8.86. The van der Waals surface area contributed by atoms with Crippen LogP contribution in [0.3, 0.4) is 0 Å². The van der Waals surface area contributed by atoms with E-state index in [1.54, 1.807) is 48.7 Å². The van der Waals surface area contributed by atoms with Crippen LogP contribution < -0.4 is 11.1 Å². The van der Waals surface area contributed by atoms with Crippen LogP contribution >= 0.6 is 23.2 Å². The van der Waals surface area contributed by atoms with Crippen molar-refractivity contribution in [2.45, 2.75) is 13.1 Å². The first kappa shape index (κ1) is 36.4. The lowest BCUT2D eigenvalue weighted by Gasteiger charge is -2.05. The molecule has 4 aromatic carbocycles. The summed E-state index contributed by atoms with van der Waals surface area (Å²) in [4.78, 5) is 38.7. The number of carbonyl (C=O) groups is 2. The molecule has 0 bridgehead atoms. The molecule has 0 saturated heterocycles. The van der Waals surface area contributed by atoms with Gasteiger partial charge in [-0.05, 0) is 83.9 Å². The summed E-state index contributed by atoms with van der Waals surface area (Å²) in [6, 6.07) is 32.8. The number of hydrogen-bond acceptors (Lipinski definition) is 9. The minimum absolute atomic E-state index is 0.155. The van der Waals surface area contributed by atoms with Gasteiger partial charge in [0.15, 0.2) is 11.2 Å². The second-order valence-corrected chi connectivity index (χ2v) is 12.2. The van der Waals surface area contributed by atoms with E-state index in [1.165, 1.54) is 24.7 Å². The van der Waals surface area contributed by atoms with Crippen molar-refractivity contribution in [1.82, 2.24) is 25.3 Å². The number of carboxylic acid groups (broad SMARTS) is 1. The molecule has 8 aromatic rings. The van der Waals surface area contributed by atoms with Crippen molar-refractivity contribution in [3.63, 3.8) is 0 Å². The van der Waals surface area contributed by atoms with Gasteiger partial charge in [-0.3, -0.25) is 14.8 Å². The average molecular weight is 746 g/mol. The van der Waals surface area contributed by atoms with Crippen LogP contribution in [0.1, 0.15) is 31.8 Å². The van der Waals surface area contributed by atoms with Crippen molar-refractivity contribution in [3.05, 3.63) is 166 Å². The summed E-state index contributed by atoms with van der Waals surface area (Å²) in [6.07, 6.45) is 6.02. The van der Waals surface area contributed by atoms with Crippen molar-refractivity contribution >= 4 is 57.3 Å². The summed E-state index contributed by atoms with van der Waals surface area (Å²) >= 11 is 11.9. The summed E-state index contributed by atoms with van der Waals surface area (Å²) in [5, 5.41) is 12.5. The largest absolute Gasteiger partial charge is 0.478 e. The van der Waals surface area contributed by atoms with Crippen LogP contribution in [0.25, 0.3) is 45.1 Å². The molecule has 0 aliphatic rings. The maximum Gasteiger partial charge on any atom is 0.337 e. The van der Waals surface area contributed by atoms with Crippen molar-refractivity contribution in [2.75, 3.05) is 0 Å². The molecule has 0 aliphatic heterocycles. The van der Waals surface area contributed by atoms with E-state index in [9.17, 15) is 9.59 Å². The van der Waals surface area contributed by atoms with Gasteiger partial charge in [0.2, 0.25) is 11.8 Å². The van der Waals surface area contributed by atoms with Gasteiger partial charge >= 0.3 is 5.97 Å². The van der Waals surface area contributed by atoms with Gasteiger partial charge in [-0.15, -0.1) is 0 Å². The monoisotopic (exact) mass is 744 g/mol. The minimum atomic E-state index is -0.942. The molecular formula is C40H30Cl2N6O5. The van der Waals surface area contributed by atoms with Crippen molar-refractivity contribution in [2.24, 2.45) is 5.73 Å². The number of oxazole rings is 2. The molecule has 0 fully saturated rings. The van der Waals surface area contributed by atoms with Gasteiger partial charge in [0.25, 0.3) is 5.91 Å². The molecule has 11 nitrogen and oxygen atoms in total. The Morgan fingerprint density at radius 3 is 1.58 bits per heavy atom. The van der Waals surface area contributed by atoms with E-state index in [0.29, 0.717) is 51.6 Å². The molecule has 13 heteroatoms. The Morgan fingerprint density at radius 2 is 1.15 bits per heavy atom. The fourth-order valence-electron chi connectivity index (χ4n) is 4.86. The summed E-state index contributed by atoms with van der Waals surface area (Å²) in [5.41, 5.74) is 13.1. The lowest BCUT2D eigenvalue weighted by Crippen LogP contribution is -2.22. The highest BCUT2D eigenvalue weighted by Gasteiger charge is 2.11. The smallest absolute Gasteiger partial charge is 0.337 e. The third-order valence-electron chi connectivity index (χ3n) is 7.62. The normalized spacial score (nSPS) is 10.5. The highest BCUT2D eigenvalue weighted by atomic mass is 35.5. The number of aromatic carboxylic acids is 1. The van der Waals surface area contributed by atoms with E-state index in [2.05, 4.69) is 25.3 Å². The Kier molecular flexibility index (Phi) is 11.8. The SMILES string of the molecule is NCc1ccc(-c2nc3ccc(Cl)cc3o2)cc1.O=C(NCc1ccc(-c2nc3ccc(Cl)cc3o2)cc1)c1cccnc1.O=C(O)c1cccnc1. The highest BCUT2D eigenvalue weighted by Crippen LogP contribution is 2.28. The Morgan fingerprint density at radius 1 is 0.660 bits per heavy atom. The molecule has 0 atom stereocenters. The van der Waals surface area contributed by atoms with E-state index < -0.39 is 5.97 Å². The number of pyridine rings is 2. The maximum absolute atomic E-state index is 12.0. The van der Waals surface area contributed by atoms with Gasteiger partial charge in [-0.1, -0.05) is 47.5 Å². The number of halogens is 2. The molecule has 0 spiro atoms. The van der Waals surface area contributed by atoms with Crippen LogP contribution in [-0.2, 0) is 13.1 Å². The van der Waals surface area contributed by atoms with Crippen molar-refractivity contribution in [1.29, 1.82) is 0 Å². The number of benzene rings is 4. The number of nitrogens with two attached hydrogens (primary N) is 1. The Hall–Kier alpha value is -6.40. The first-order valence-electron chi connectivity index (χ1n) is 16.1. The van der Waals surface area contributed by atoms with Crippen molar-refractivity contribution < 1.29 is 23.5 Å². The zero-order chi connectivity index (χ0) is 37.2. The van der Waals surface area contributed by atoms with Crippen LogP contribution in [-0.4, -0.2) is 36.9 Å². The zero-order valence-corrected chi connectivity index (χ0v) is 29.3. The van der Waals surface area contributed by atoms with Gasteiger partial charge in [0.1, 0.15) is 11.0 Å². The van der Waals surface area contributed by atoms with Gasteiger partial charge in [-0.25, -0.2) is 14.8 Å². The first-order valence-corrected chi connectivity index (χ1v) is 16.8. The van der Waals surface area contributed by atoms with Crippen LogP contribution in [0, 0.1) is 0 Å². The van der Waals surface area contributed by atoms with Gasteiger partial charge in [-0.2, -0.15) is 0 Å². The Balaban J connectivity index is 0.000000153. The maximum atomic E-state index is 12.0. The van der Waals surface area contributed by atoms with Crippen LogP contribution in [0.4, 0.5) is 0 Å². The number of aromatic nitrogens is 4. The number of hydrogen-bond donors (Lipinski definition) is 3.